The lowest BCUT2D eigenvalue weighted by atomic mass is 9.74. The van der Waals surface area contributed by atoms with Crippen LogP contribution in [0.3, 0.4) is 0 Å². The van der Waals surface area contributed by atoms with Gasteiger partial charge in [0.2, 0.25) is 0 Å². The van der Waals surface area contributed by atoms with E-state index in [1.807, 2.05) is 0 Å². The highest BCUT2D eigenvalue weighted by molar-refractivity contribution is 4.76. The molecule has 1 aliphatic rings. The summed E-state index contributed by atoms with van der Waals surface area (Å²) in [5, 5.41) is 9.77. The molecular weight excluding hydrogens is 184 g/mol. The van der Waals surface area contributed by atoms with Crippen LogP contribution >= 0.6 is 0 Å². The lowest BCUT2D eigenvalue weighted by Gasteiger charge is -2.32. The van der Waals surface area contributed by atoms with Gasteiger partial charge < -0.3 is 5.11 Å². The molecule has 1 N–H and O–H groups in total. The zero-order valence-electron chi connectivity index (χ0n) is 10.9. The maximum absolute atomic E-state index is 9.77. The van der Waals surface area contributed by atoms with Crippen LogP contribution in [0.4, 0.5) is 0 Å². The van der Waals surface area contributed by atoms with E-state index in [0.717, 1.165) is 24.2 Å². The largest absolute Gasteiger partial charge is 0.393 e. The monoisotopic (exact) mass is 212 g/mol. The van der Waals surface area contributed by atoms with Gasteiger partial charge in [-0.3, -0.25) is 0 Å². The summed E-state index contributed by atoms with van der Waals surface area (Å²) >= 11 is 0. The number of hydrogen-bond donors (Lipinski definition) is 1. The Balaban J connectivity index is 2.22. The first-order valence-corrected chi connectivity index (χ1v) is 6.68. The van der Waals surface area contributed by atoms with Gasteiger partial charge in [0.05, 0.1) is 6.10 Å². The maximum atomic E-state index is 9.77. The van der Waals surface area contributed by atoms with E-state index in [-0.39, 0.29) is 6.10 Å². The molecule has 15 heavy (non-hydrogen) atoms. The van der Waals surface area contributed by atoms with E-state index in [1.165, 1.54) is 25.7 Å². The summed E-state index contributed by atoms with van der Waals surface area (Å²) in [4.78, 5) is 0. The number of aliphatic hydroxyl groups excluding tert-OH is 1. The van der Waals surface area contributed by atoms with Crippen LogP contribution in [-0.2, 0) is 0 Å². The van der Waals surface area contributed by atoms with Crippen LogP contribution in [0.1, 0.15) is 59.8 Å². The van der Waals surface area contributed by atoms with Crippen molar-refractivity contribution in [3.63, 3.8) is 0 Å². The third-order valence-corrected chi connectivity index (χ3v) is 4.35. The molecule has 0 aromatic heterocycles. The highest BCUT2D eigenvalue weighted by atomic mass is 16.3. The Bertz CT molecular complexity index is 176. The maximum Gasteiger partial charge on any atom is 0.0563 e. The third kappa shape index (κ3) is 4.14. The average molecular weight is 212 g/mol. The second-order valence-electron chi connectivity index (χ2n) is 6.02. The summed E-state index contributed by atoms with van der Waals surface area (Å²) in [5.74, 6) is 3.10. The molecule has 4 atom stereocenters. The first-order chi connectivity index (χ1) is 7.00. The molecule has 0 spiro atoms. The number of hydrogen-bond acceptors (Lipinski definition) is 1. The van der Waals surface area contributed by atoms with Crippen LogP contribution in [0.5, 0.6) is 0 Å². The molecule has 0 radical (unpaired) electrons. The molecule has 0 amide bonds. The SMILES string of the molecule is CC(C)C(O)CCC1CCC(C)C(C)C1. The van der Waals surface area contributed by atoms with Crippen molar-refractivity contribution in [1.29, 1.82) is 0 Å². The van der Waals surface area contributed by atoms with Crippen molar-refractivity contribution < 1.29 is 5.11 Å². The van der Waals surface area contributed by atoms with Crippen LogP contribution < -0.4 is 0 Å². The molecule has 1 aliphatic carbocycles. The van der Waals surface area contributed by atoms with Crippen molar-refractivity contribution >= 4 is 0 Å². The van der Waals surface area contributed by atoms with Gasteiger partial charge >= 0.3 is 0 Å². The van der Waals surface area contributed by atoms with Gasteiger partial charge in [0, 0.05) is 0 Å². The van der Waals surface area contributed by atoms with E-state index in [4.69, 9.17) is 0 Å². The van der Waals surface area contributed by atoms with Crippen molar-refractivity contribution in [2.45, 2.75) is 65.9 Å². The Morgan fingerprint density at radius 2 is 1.80 bits per heavy atom. The van der Waals surface area contributed by atoms with Gasteiger partial charge in [0.1, 0.15) is 0 Å². The van der Waals surface area contributed by atoms with Gasteiger partial charge in [-0.2, -0.15) is 0 Å². The predicted octanol–water partition coefficient (Wildman–Crippen LogP) is 3.86. The van der Waals surface area contributed by atoms with Crippen molar-refractivity contribution in [3.05, 3.63) is 0 Å². The summed E-state index contributed by atoms with van der Waals surface area (Å²) in [6.07, 6.45) is 6.31. The summed E-state index contributed by atoms with van der Waals surface area (Å²) in [6.45, 7) is 8.98. The van der Waals surface area contributed by atoms with Crippen molar-refractivity contribution in [1.82, 2.24) is 0 Å². The quantitative estimate of drug-likeness (QED) is 0.750. The predicted molar refractivity (Wildman–Crippen MR) is 65.7 cm³/mol. The van der Waals surface area contributed by atoms with E-state index in [1.54, 1.807) is 0 Å². The molecule has 0 aliphatic heterocycles. The van der Waals surface area contributed by atoms with E-state index in [9.17, 15) is 5.11 Å². The summed E-state index contributed by atoms with van der Waals surface area (Å²) in [7, 11) is 0. The van der Waals surface area contributed by atoms with Crippen LogP contribution in [0.25, 0.3) is 0 Å². The Hall–Kier alpha value is -0.0400. The van der Waals surface area contributed by atoms with Crippen molar-refractivity contribution in [2.75, 3.05) is 0 Å². The Morgan fingerprint density at radius 1 is 1.13 bits per heavy atom. The molecule has 0 saturated heterocycles. The van der Waals surface area contributed by atoms with Gasteiger partial charge in [-0.15, -0.1) is 0 Å². The molecular formula is C14H28O. The Morgan fingerprint density at radius 3 is 2.33 bits per heavy atom. The standard InChI is InChI=1S/C14H28O/c1-10(2)14(15)8-7-13-6-5-11(3)12(4)9-13/h10-15H,5-9H2,1-4H3. The average Bonchev–Trinajstić information content (AvgIpc) is 2.19. The number of rotatable bonds is 4. The van der Waals surface area contributed by atoms with Gasteiger partial charge in [-0.05, 0) is 42.9 Å². The van der Waals surface area contributed by atoms with Gasteiger partial charge in [-0.1, -0.05) is 40.5 Å². The minimum Gasteiger partial charge on any atom is -0.393 e. The topological polar surface area (TPSA) is 20.2 Å². The zero-order valence-corrected chi connectivity index (χ0v) is 10.9. The van der Waals surface area contributed by atoms with Crippen LogP contribution in [0.15, 0.2) is 0 Å². The Kier molecular flexibility index (Phi) is 5.11. The highest BCUT2D eigenvalue weighted by Gasteiger charge is 2.24. The fraction of sp³-hybridized carbons (Fsp3) is 1.00. The third-order valence-electron chi connectivity index (χ3n) is 4.35. The summed E-state index contributed by atoms with van der Waals surface area (Å²) in [6, 6.07) is 0. The molecule has 4 unspecified atom stereocenters. The molecule has 1 saturated carbocycles. The fourth-order valence-corrected chi connectivity index (χ4v) is 2.66. The normalized spacial score (nSPS) is 34.4. The molecule has 0 aromatic rings. The molecule has 1 heteroatoms. The minimum atomic E-state index is -0.0837. The fourth-order valence-electron chi connectivity index (χ4n) is 2.66. The second-order valence-corrected chi connectivity index (χ2v) is 6.02. The van der Waals surface area contributed by atoms with Crippen LogP contribution in [0, 0.1) is 23.7 Å². The molecule has 1 rings (SSSR count). The van der Waals surface area contributed by atoms with E-state index >= 15 is 0 Å². The molecule has 0 aromatic carbocycles. The van der Waals surface area contributed by atoms with Crippen LogP contribution in [0.2, 0.25) is 0 Å². The molecule has 1 fully saturated rings. The van der Waals surface area contributed by atoms with E-state index < -0.39 is 0 Å². The van der Waals surface area contributed by atoms with E-state index in [2.05, 4.69) is 27.7 Å². The molecule has 0 bridgehead atoms. The molecule has 0 heterocycles. The highest BCUT2D eigenvalue weighted by Crippen LogP contribution is 2.35. The smallest absolute Gasteiger partial charge is 0.0563 e. The van der Waals surface area contributed by atoms with Gasteiger partial charge in [0.15, 0.2) is 0 Å². The van der Waals surface area contributed by atoms with Gasteiger partial charge in [0.25, 0.3) is 0 Å². The van der Waals surface area contributed by atoms with Crippen molar-refractivity contribution in [3.8, 4) is 0 Å². The molecule has 1 nitrogen and oxygen atoms in total. The van der Waals surface area contributed by atoms with Crippen molar-refractivity contribution in [2.24, 2.45) is 23.7 Å². The Labute approximate surface area is 95.3 Å². The minimum absolute atomic E-state index is 0.0837. The second kappa shape index (κ2) is 5.89. The van der Waals surface area contributed by atoms with Gasteiger partial charge in [-0.25, -0.2) is 0 Å². The van der Waals surface area contributed by atoms with Crippen LogP contribution in [-0.4, -0.2) is 11.2 Å². The summed E-state index contributed by atoms with van der Waals surface area (Å²) in [5.41, 5.74) is 0. The number of aliphatic hydroxyl groups is 1. The zero-order chi connectivity index (χ0) is 11.4. The lowest BCUT2D eigenvalue weighted by molar-refractivity contribution is 0.0983. The first-order valence-electron chi connectivity index (χ1n) is 6.68. The first kappa shape index (κ1) is 13.0. The summed E-state index contributed by atoms with van der Waals surface area (Å²) < 4.78 is 0. The van der Waals surface area contributed by atoms with E-state index in [0.29, 0.717) is 5.92 Å². The lowest BCUT2D eigenvalue weighted by Crippen LogP contribution is -2.23. The molecule has 90 valence electrons.